The number of nitrogens with one attached hydrogen (secondary N) is 1. The normalized spacial score (nSPS) is 20.2. The molecule has 0 radical (unpaired) electrons. The second-order valence-electron chi connectivity index (χ2n) is 7.24. The van der Waals surface area contributed by atoms with Gasteiger partial charge in [-0.15, -0.1) is 0 Å². The summed E-state index contributed by atoms with van der Waals surface area (Å²) in [6.07, 6.45) is 9.66. The van der Waals surface area contributed by atoms with E-state index in [4.69, 9.17) is 0 Å². The third-order valence-corrected chi connectivity index (χ3v) is 5.05. The van der Waals surface area contributed by atoms with E-state index >= 15 is 0 Å². The molecular formula is C19H25N5O. The molecule has 1 aliphatic carbocycles. The molecular weight excluding hydrogens is 314 g/mol. The fourth-order valence-corrected chi connectivity index (χ4v) is 3.58. The van der Waals surface area contributed by atoms with E-state index in [2.05, 4.69) is 37.1 Å². The Kier molecular flexibility index (Phi) is 4.78. The molecule has 0 bridgehead atoms. The molecule has 0 aromatic carbocycles. The number of pyridine rings is 1. The molecule has 1 fully saturated rings. The molecule has 2 aromatic rings. The Labute approximate surface area is 148 Å². The maximum absolute atomic E-state index is 11.9. The van der Waals surface area contributed by atoms with Crippen molar-refractivity contribution in [3.63, 3.8) is 0 Å². The van der Waals surface area contributed by atoms with Crippen LogP contribution in [0.1, 0.15) is 43.0 Å². The van der Waals surface area contributed by atoms with Crippen molar-refractivity contribution >= 4 is 5.91 Å². The van der Waals surface area contributed by atoms with E-state index in [1.54, 1.807) is 0 Å². The van der Waals surface area contributed by atoms with Crippen molar-refractivity contribution in [2.24, 2.45) is 5.92 Å². The number of carbonyl (C=O) groups excluding carboxylic acids is 1. The van der Waals surface area contributed by atoms with Crippen LogP contribution >= 0.6 is 0 Å². The summed E-state index contributed by atoms with van der Waals surface area (Å²) < 4.78 is 2.13. The van der Waals surface area contributed by atoms with Crippen LogP contribution in [0.15, 0.2) is 36.8 Å². The molecule has 1 aliphatic heterocycles. The Morgan fingerprint density at radius 3 is 3.00 bits per heavy atom. The quantitative estimate of drug-likeness (QED) is 0.839. The highest BCUT2D eigenvalue weighted by molar-refractivity contribution is 5.76. The molecule has 6 heteroatoms. The summed E-state index contributed by atoms with van der Waals surface area (Å²) in [6.45, 7) is 3.46. The van der Waals surface area contributed by atoms with Crippen LogP contribution in [0.4, 0.5) is 0 Å². The van der Waals surface area contributed by atoms with Crippen molar-refractivity contribution in [3.05, 3.63) is 48.0 Å². The number of amides is 1. The van der Waals surface area contributed by atoms with Gasteiger partial charge in [-0.05, 0) is 42.9 Å². The molecule has 6 nitrogen and oxygen atoms in total. The SMILES string of the molecule is O=C(CC1CC1)NCCC1CN(Cc2cccnc2)Cc2ccnn21. The number of carbonyl (C=O) groups is 1. The summed E-state index contributed by atoms with van der Waals surface area (Å²) >= 11 is 0. The lowest BCUT2D eigenvalue weighted by Crippen LogP contribution is -2.39. The van der Waals surface area contributed by atoms with Crippen molar-refractivity contribution < 1.29 is 4.79 Å². The van der Waals surface area contributed by atoms with Gasteiger partial charge in [0.1, 0.15) is 0 Å². The molecule has 0 saturated heterocycles. The van der Waals surface area contributed by atoms with Crippen LogP contribution in [0, 0.1) is 5.92 Å². The minimum atomic E-state index is 0.200. The topological polar surface area (TPSA) is 63.1 Å². The van der Waals surface area contributed by atoms with Gasteiger partial charge in [0, 0.05) is 51.2 Å². The highest BCUT2D eigenvalue weighted by Crippen LogP contribution is 2.32. The molecule has 2 aromatic heterocycles. The molecule has 1 saturated carbocycles. The first-order chi connectivity index (χ1) is 12.3. The number of rotatable bonds is 7. The monoisotopic (exact) mass is 339 g/mol. The van der Waals surface area contributed by atoms with Gasteiger partial charge in [-0.1, -0.05) is 6.07 Å². The van der Waals surface area contributed by atoms with E-state index in [0.717, 1.165) is 32.6 Å². The first-order valence-corrected chi connectivity index (χ1v) is 9.18. The lowest BCUT2D eigenvalue weighted by Gasteiger charge is -2.34. The zero-order valence-corrected chi connectivity index (χ0v) is 14.5. The van der Waals surface area contributed by atoms with E-state index in [1.165, 1.54) is 24.1 Å². The molecule has 2 aliphatic rings. The highest BCUT2D eigenvalue weighted by atomic mass is 16.1. The lowest BCUT2D eigenvalue weighted by molar-refractivity contribution is -0.121. The summed E-state index contributed by atoms with van der Waals surface area (Å²) in [6, 6.07) is 6.49. The Balaban J connectivity index is 1.34. The van der Waals surface area contributed by atoms with Crippen LogP contribution in [-0.2, 0) is 17.9 Å². The predicted molar refractivity (Wildman–Crippen MR) is 94.6 cm³/mol. The minimum absolute atomic E-state index is 0.200. The van der Waals surface area contributed by atoms with Crippen LogP contribution in [0.5, 0.6) is 0 Å². The van der Waals surface area contributed by atoms with E-state index in [-0.39, 0.29) is 5.91 Å². The Morgan fingerprint density at radius 1 is 1.28 bits per heavy atom. The Hall–Kier alpha value is -2.21. The van der Waals surface area contributed by atoms with Gasteiger partial charge < -0.3 is 5.32 Å². The van der Waals surface area contributed by atoms with E-state index in [1.807, 2.05) is 24.7 Å². The maximum atomic E-state index is 11.9. The Bertz CT molecular complexity index is 710. The smallest absolute Gasteiger partial charge is 0.220 e. The maximum Gasteiger partial charge on any atom is 0.220 e. The molecule has 1 atom stereocenters. The van der Waals surface area contributed by atoms with E-state index in [0.29, 0.717) is 18.4 Å². The fourth-order valence-electron chi connectivity index (χ4n) is 3.58. The van der Waals surface area contributed by atoms with Crippen molar-refractivity contribution in [1.29, 1.82) is 0 Å². The first kappa shape index (κ1) is 16.3. The zero-order valence-electron chi connectivity index (χ0n) is 14.5. The van der Waals surface area contributed by atoms with Crippen molar-refractivity contribution in [3.8, 4) is 0 Å². The third kappa shape index (κ3) is 4.25. The third-order valence-electron chi connectivity index (χ3n) is 5.05. The van der Waals surface area contributed by atoms with Gasteiger partial charge in [-0.25, -0.2) is 0 Å². The molecule has 3 heterocycles. The van der Waals surface area contributed by atoms with Gasteiger partial charge in [-0.2, -0.15) is 5.10 Å². The Morgan fingerprint density at radius 2 is 2.20 bits per heavy atom. The van der Waals surface area contributed by atoms with Crippen LogP contribution in [-0.4, -0.2) is 38.7 Å². The van der Waals surface area contributed by atoms with Crippen molar-refractivity contribution in [1.82, 2.24) is 25.0 Å². The van der Waals surface area contributed by atoms with Gasteiger partial charge in [0.25, 0.3) is 0 Å². The molecule has 1 unspecified atom stereocenters. The predicted octanol–water partition coefficient (Wildman–Crippen LogP) is 2.14. The largest absolute Gasteiger partial charge is 0.356 e. The van der Waals surface area contributed by atoms with E-state index in [9.17, 15) is 4.79 Å². The molecule has 132 valence electrons. The first-order valence-electron chi connectivity index (χ1n) is 9.18. The standard InChI is InChI=1S/C19H25N5O/c25-19(10-15-3-4-15)21-8-5-17-13-23(12-16-2-1-7-20-11-16)14-18-6-9-22-24(17)18/h1-2,6-7,9,11,15,17H,3-5,8,10,12-14H2,(H,21,25). The second-order valence-corrected chi connectivity index (χ2v) is 7.24. The van der Waals surface area contributed by atoms with Gasteiger partial charge >= 0.3 is 0 Å². The van der Waals surface area contributed by atoms with Gasteiger partial charge in [0.2, 0.25) is 5.91 Å². The number of nitrogens with zero attached hydrogens (tertiary/aromatic N) is 4. The minimum Gasteiger partial charge on any atom is -0.356 e. The highest BCUT2D eigenvalue weighted by Gasteiger charge is 2.26. The summed E-state index contributed by atoms with van der Waals surface area (Å²) in [5, 5.41) is 7.58. The lowest BCUT2D eigenvalue weighted by atomic mass is 10.1. The summed E-state index contributed by atoms with van der Waals surface area (Å²) in [7, 11) is 0. The van der Waals surface area contributed by atoms with Crippen LogP contribution in [0.3, 0.4) is 0 Å². The van der Waals surface area contributed by atoms with Crippen LogP contribution in [0.2, 0.25) is 0 Å². The zero-order chi connectivity index (χ0) is 17.1. The van der Waals surface area contributed by atoms with Crippen LogP contribution in [0.25, 0.3) is 0 Å². The average Bonchev–Trinajstić information content (AvgIpc) is 3.29. The molecule has 25 heavy (non-hydrogen) atoms. The molecule has 4 rings (SSSR count). The van der Waals surface area contributed by atoms with Gasteiger partial charge in [-0.3, -0.25) is 19.4 Å². The summed E-state index contributed by atoms with van der Waals surface area (Å²) in [4.78, 5) is 18.5. The van der Waals surface area contributed by atoms with Gasteiger partial charge in [0.05, 0.1) is 11.7 Å². The second kappa shape index (κ2) is 7.35. The summed E-state index contributed by atoms with van der Waals surface area (Å²) in [5.74, 6) is 0.841. The van der Waals surface area contributed by atoms with Gasteiger partial charge in [0.15, 0.2) is 0 Å². The van der Waals surface area contributed by atoms with Crippen molar-refractivity contribution in [2.45, 2.75) is 44.8 Å². The number of aromatic nitrogens is 3. The summed E-state index contributed by atoms with van der Waals surface area (Å²) in [5.41, 5.74) is 2.47. The van der Waals surface area contributed by atoms with Crippen molar-refractivity contribution in [2.75, 3.05) is 13.1 Å². The molecule has 0 spiro atoms. The number of fused-ring (bicyclic) bond motifs is 1. The molecule has 1 amide bonds. The van der Waals surface area contributed by atoms with E-state index < -0.39 is 0 Å². The average molecular weight is 339 g/mol. The molecule has 1 N–H and O–H groups in total. The number of hydrogen-bond acceptors (Lipinski definition) is 4. The number of hydrogen-bond donors (Lipinski definition) is 1. The van der Waals surface area contributed by atoms with Crippen LogP contribution < -0.4 is 5.32 Å². The fraction of sp³-hybridized carbons (Fsp3) is 0.526.